The van der Waals surface area contributed by atoms with E-state index < -0.39 is 29.5 Å². The molecule has 0 saturated carbocycles. The number of halogens is 4. The standard InChI is InChI=1S/C25H26ClN3O3.C2HF3O2/c1-15-4-8-17(9-5-15)21-19-20(23(31)28(2)22(19)30)25(27-21)12-3-13-29(24(25)32)14-16-6-10-18(26)11-7-16;3-2(4,5)1(6)7/h4-11,19-21,27H,3,12-14H2,1-2H3;(H,6,7)/t19-,20-,21-,25-;/m1./s1. The topological polar surface area (TPSA) is 107 Å². The Morgan fingerprint density at radius 1 is 1.08 bits per heavy atom. The second-order valence-electron chi connectivity index (χ2n) is 10.0. The molecular formula is C27H27ClF3N3O5. The van der Waals surface area contributed by atoms with Gasteiger partial charge in [0.2, 0.25) is 17.7 Å². The summed E-state index contributed by atoms with van der Waals surface area (Å²) >= 11 is 6.01. The van der Waals surface area contributed by atoms with Crippen molar-refractivity contribution in [1.82, 2.24) is 15.1 Å². The van der Waals surface area contributed by atoms with Crippen LogP contribution in [0.2, 0.25) is 5.02 Å². The first-order chi connectivity index (χ1) is 18.3. The zero-order chi connectivity index (χ0) is 28.7. The molecule has 2 aromatic rings. The van der Waals surface area contributed by atoms with Crippen LogP contribution in [0.25, 0.3) is 0 Å². The molecule has 3 heterocycles. The average molecular weight is 566 g/mol. The van der Waals surface area contributed by atoms with Crippen LogP contribution in [-0.2, 0) is 25.7 Å². The van der Waals surface area contributed by atoms with Crippen molar-refractivity contribution in [2.45, 2.75) is 44.1 Å². The number of carbonyl (C=O) groups is 4. The summed E-state index contributed by atoms with van der Waals surface area (Å²) in [4.78, 5) is 52.2. The van der Waals surface area contributed by atoms with E-state index in [1.165, 1.54) is 11.9 Å². The molecule has 5 rings (SSSR count). The molecule has 4 atom stereocenters. The lowest BCUT2D eigenvalue weighted by Crippen LogP contribution is -2.63. The molecule has 2 N–H and O–H groups in total. The SMILES string of the molecule is Cc1ccc([C@H]2N[C@]3(CCCN(Cc4ccc(Cl)cc4)C3=O)[C@H]3C(=O)N(C)C(=O)[C@@H]23)cc1.O=C(O)C(F)(F)F. The molecule has 0 radical (unpaired) electrons. The Morgan fingerprint density at radius 3 is 2.23 bits per heavy atom. The van der Waals surface area contributed by atoms with Crippen LogP contribution in [0.1, 0.15) is 35.6 Å². The number of aliphatic carboxylic acids is 1. The number of hydrogen-bond donors (Lipinski definition) is 2. The van der Waals surface area contributed by atoms with Gasteiger partial charge in [-0.05, 0) is 43.0 Å². The van der Waals surface area contributed by atoms with E-state index in [0.717, 1.165) is 23.1 Å². The van der Waals surface area contributed by atoms with Gasteiger partial charge in [-0.2, -0.15) is 13.2 Å². The number of likely N-dealkylation sites (tertiary alicyclic amines) is 2. The molecule has 0 aromatic heterocycles. The Hall–Kier alpha value is -3.44. The van der Waals surface area contributed by atoms with Crippen molar-refractivity contribution in [1.29, 1.82) is 0 Å². The molecule has 39 heavy (non-hydrogen) atoms. The first-order valence-corrected chi connectivity index (χ1v) is 12.6. The van der Waals surface area contributed by atoms with E-state index in [1.807, 2.05) is 60.4 Å². The van der Waals surface area contributed by atoms with Crippen molar-refractivity contribution in [3.05, 3.63) is 70.2 Å². The lowest BCUT2D eigenvalue weighted by atomic mass is 9.74. The number of imide groups is 1. The van der Waals surface area contributed by atoms with E-state index in [-0.39, 0.29) is 23.8 Å². The highest BCUT2D eigenvalue weighted by Crippen LogP contribution is 2.51. The number of nitrogens with one attached hydrogen (secondary N) is 1. The first-order valence-electron chi connectivity index (χ1n) is 12.3. The van der Waals surface area contributed by atoms with E-state index in [1.54, 1.807) is 0 Å². The lowest BCUT2D eigenvalue weighted by Gasteiger charge is -2.42. The maximum absolute atomic E-state index is 13.9. The van der Waals surface area contributed by atoms with Gasteiger partial charge in [0, 0.05) is 31.2 Å². The summed E-state index contributed by atoms with van der Waals surface area (Å²) in [6.45, 7) is 3.08. The van der Waals surface area contributed by atoms with Gasteiger partial charge in [0.05, 0.1) is 11.8 Å². The highest BCUT2D eigenvalue weighted by Gasteiger charge is 2.68. The fourth-order valence-electron chi connectivity index (χ4n) is 5.63. The van der Waals surface area contributed by atoms with Gasteiger partial charge in [-0.15, -0.1) is 0 Å². The Balaban J connectivity index is 0.000000448. The van der Waals surface area contributed by atoms with Gasteiger partial charge in [0.25, 0.3) is 0 Å². The minimum absolute atomic E-state index is 0.0974. The van der Waals surface area contributed by atoms with Crippen LogP contribution in [0, 0.1) is 18.8 Å². The van der Waals surface area contributed by atoms with Crippen molar-refractivity contribution >= 4 is 35.3 Å². The van der Waals surface area contributed by atoms with Gasteiger partial charge in [0.1, 0.15) is 5.54 Å². The average Bonchev–Trinajstić information content (AvgIpc) is 3.33. The second kappa shape index (κ2) is 10.6. The number of carboxylic acids is 1. The Morgan fingerprint density at radius 2 is 1.67 bits per heavy atom. The number of rotatable bonds is 3. The lowest BCUT2D eigenvalue weighted by molar-refractivity contribution is -0.192. The van der Waals surface area contributed by atoms with E-state index in [9.17, 15) is 27.6 Å². The molecule has 2 aromatic carbocycles. The highest BCUT2D eigenvalue weighted by molar-refractivity contribution is 6.30. The number of fused-ring (bicyclic) bond motifs is 2. The summed E-state index contributed by atoms with van der Waals surface area (Å²) in [6.07, 6.45) is -3.78. The molecule has 3 aliphatic rings. The summed E-state index contributed by atoms with van der Waals surface area (Å²) in [5.74, 6) is -4.59. The van der Waals surface area contributed by atoms with Crippen molar-refractivity contribution in [3.8, 4) is 0 Å². The predicted octanol–water partition coefficient (Wildman–Crippen LogP) is 3.72. The molecule has 3 aliphatic heterocycles. The minimum Gasteiger partial charge on any atom is -0.475 e. The van der Waals surface area contributed by atoms with E-state index in [0.29, 0.717) is 24.5 Å². The molecule has 1 spiro atoms. The minimum atomic E-state index is -5.08. The van der Waals surface area contributed by atoms with Crippen molar-refractivity contribution in [2.75, 3.05) is 13.6 Å². The molecule has 3 saturated heterocycles. The van der Waals surface area contributed by atoms with Gasteiger partial charge in [0.15, 0.2) is 0 Å². The third-order valence-corrected chi connectivity index (χ3v) is 7.76. The number of piperidine rings is 1. The Kier molecular flexibility index (Phi) is 7.77. The van der Waals surface area contributed by atoms with Gasteiger partial charge < -0.3 is 10.0 Å². The normalized spacial score (nSPS) is 26.5. The largest absolute Gasteiger partial charge is 0.490 e. The molecule has 8 nitrogen and oxygen atoms in total. The molecule has 3 amide bonds. The molecule has 0 aliphatic carbocycles. The van der Waals surface area contributed by atoms with Crippen molar-refractivity contribution in [3.63, 3.8) is 0 Å². The van der Waals surface area contributed by atoms with E-state index in [2.05, 4.69) is 5.32 Å². The monoisotopic (exact) mass is 565 g/mol. The fourth-order valence-corrected chi connectivity index (χ4v) is 5.76. The number of aryl methyl sites for hydroxylation is 1. The zero-order valence-corrected chi connectivity index (χ0v) is 21.9. The van der Waals surface area contributed by atoms with E-state index >= 15 is 0 Å². The Bertz CT molecular complexity index is 1290. The molecule has 0 unspecified atom stereocenters. The number of nitrogens with zero attached hydrogens (tertiary/aromatic N) is 2. The van der Waals surface area contributed by atoms with Crippen molar-refractivity contribution in [2.24, 2.45) is 11.8 Å². The quantitative estimate of drug-likeness (QED) is 0.550. The van der Waals surface area contributed by atoms with Crippen LogP contribution < -0.4 is 5.32 Å². The zero-order valence-electron chi connectivity index (χ0n) is 21.2. The maximum Gasteiger partial charge on any atom is 0.490 e. The number of hydrogen-bond acceptors (Lipinski definition) is 5. The maximum atomic E-state index is 13.9. The van der Waals surface area contributed by atoms with Crippen LogP contribution in [0.4, 0.5) is 13.2 Å². The number of carbonyl (C=O) groups excluding carboxylic acids is 3. The summed E-state index contributed by atoms with van der Waals surface area (Å²) in [5, 5.41) is 11.3. The van der Waals surface area contributed by atoms with Gasteiger partial charge in [-0.3, -0.25) is 24.6 Å². The van der Waals surface area contributed by atoms with Gasteiger partial charge in [-0.1, -0.05) is 53.6 Å². The second-order valence-corrected chi connectivity index (χ2v) is 10.4. The van der Waals surface area contributed by atoms with Crippen LogP contribution in [0.5, 0.6) is 0 Å². The van der Waals surface area contributed by atoms with Gasteiger partial charge in [-0.25, -0.2) is 4.79 Å². The Labute approximate surface area is 227 Å². The third-order valence-electron chi connectivity index (χ3n) is 7.51. The number of benzene rings is 2. The molecular weight excluding hydrogens is 539 g/mol. The number of amides is 3. The fraction of sp³-hybridized carbons (Fsp3) is 0.407. The van der Waals surface area contributed by atoms with Crippen molar-refractivity contribution < 1.29 is 37.5 Å². The van der Waals surface area contributed by atoms with Crippen LogP contribution >= 0.6 is 11.6 Å². The van der Waals surface area contributed by atoms with Crippen LogP contribution in [0.3, 0.4) is 0 Å². The van der Waals surface area contributed by atoms with Crippen LogP contribution in [-0.4, -0.2) is 63.9 Å². The number of carboxylic acid groups (broad SMARTS) is 1. The highest BCUT2D eigenvalue weighted by atomic mass is 35.5. The third kappa shape index (κ3) is 5.38. The summed E-state index contributed by atoms with van der Waals surface area (Å²) < 4.78 is 31.7. The molecule has 0 bridgehead atoms. The first kappa shape index (κ1) is 28.6. The van der Waals surface area contributed by atoms with Gasteiger partial charge >= 0.3 is 12.1 Å². The smallest absolute Gasteiger partial charge is 0.475 e. The summed E-state index contributed by atoms with van der Waals surface area (Å²) in [6, 6.07) is 15.0. The summed E-state index contributed by atoms with van der Waals surface area (Å²) in [5.41, 5.74) is 1.96. The van der Waals surface area contributed by atoms with Crippen LogP contribution in [0.15, 0.2) is 48.5 Å². The molecule has 208 valence electrons. The predicted molar refractivity (Wildman–Crippen MR) is 134 cm³/mol. The number of alkyl halides is 3. The van der Waals surface area contributed by atoms with E-state index in [4.69, 9.17) is 21.5 Å². The molecule has 3 fully saturated rings. The summed E-state index contributed by atoms with van der Waals surface area (Å²) in [7, 11) is 1.53. The molecule has 12 heteroatoms.